The predicted octanol–water partition coefficient (Wildman–Crippen LogP) is 4.26. The Morgan fingerprint density at radius 2 is 1.37 bits per heavy atom. The molecule has 0 saturated heterocycles. The molecule has 2 aromatic rings. The van der Waals surface area contributed by atoms with E-state index in [-0.39, 0.29) is 6.04 Å². The Morgan fingerprint density at radius 3 is 1.84 bits per heavy atom. The van der Waals surface area contributed by atoms with Crippen molar-refractivity contribution in [2.45, 2.75) is 33.2 Å². The summed E-state index contributed by atoms with van der Waals surface area (Å²) in [4.78, 5) is 0. The van der Waals surface area contributed by atoms with Crippen LogP contribution in [0.5, 0.6) is 0 Å². The van der Waals surface area contributed by atoms with Crippen molar-refractivity contribution in [3.8, 4) is 0 Å². The van der Waals surface area contributed by atoms with E-state index in [1.165, 1.54) is 22.3 Å². The van der Waals surface area contributed by atoms with Crippen molar-refractivity contribution in [2.24, 2.45) is 0 Å². The Kier molecular flexibility index (Phi) is 4.75. The van der Waals surface area contributed by atoms with Gasteiger partial charge in [0, 0.05) is 0 Å². The molecule has 1 heteroatoms. The van der Waals surface area contributed by atoms with E-state index in [9.17, 15) is 0 Å². The maximum absolute atomic E-state index is 3.57. The predicted molar refractivity (Wildman–Crippen MR) is 82.5 cm³/mol. The fourth-order valence-electron chi connectivity index (χ4n) is 2.34. The van der Waals surface area contributed by atoms with Gasteiger partial charge in [0.15, 0.2) is 0 Å². The highest BCUT2D eigenvalue weighted by atomic mass is 14.9. The Labute approximate surface area is 116 Å². The lowest BCUT2D eigenvalue weighted by Gasteiger charge is -2.19. The lowest BCUT2D eigenvalue weighted by atomic mass is 9.96. The molecule has 0 saturated carbocycles. The summed E-state index contributed by atoms with van der Waals surface area (Å²) < 4.78 is 0. The molecule has 19 heavy (non-hydrogen) atoms. The summed E-state index contributed by atoms with van der Waals surface area (Å²) in [5.74, 6) is 0. The van der Waals surface area contributed by atoms with Gasteiger partial charge in [0.2, 0.25) is 0 Å². The Morgan fingerprint density at radius 1 is 0.842 bits per heavy atom. The summed E-state index contributed by atoms with van der Waals surface area (Å²) in [6.07, 6.45) is 1.09. The number of hydrogen-bond acceptors (Lipinski definition) is 1. The van der Waals surface area contributed by atoms with E-state index in [1.807, 2.05) is 0 Å². The first-order valence-corrected chi connectivity index (χ1v) is 7.13. The average molecular weight is 253 g/mol. The van der Waals surface area contributed by atoms with E-state index >= 15 is 0 Å². The first-order valence-electron chi connectivity index (χ1n) is 7.13. The maximum atomic E-state index is 3.57. The molecule has 0 heterocycles. The van der Waals surface area contributed by atoms with Gasteiger partial charge in [0.05, 0.1) is 6.04 Å². The van der Waals surface area contributed by atoms with Crippen molar-refractivity contribution in [1.29, 1.82) is 0 Å². The Balaban J connectivity index is 2.30. The highest BCUT2D eigenvalue weighted by Gasteiger charge is 2.12. The lowest BCUT2D eigenvalue weighted by molar-refractivity contribution is 0.630. The van der Waals surface area contributed by atoms with Gasteiger partial charge in [-0.25, -0.2) is 0 Å². The fraction of sp³-hybridized carbons (Fsp3) is 0.333. The molecular formula is C18H23N. The van der Waals surface area contributed by atoms with Gasteiger partial charge in [0.25, 0.3) is 0 Å². The van der Waals surface area contributed by atoms with Crippen LogP contribution in [-0.2, 0) is 6.42 Å². The van der Waals surface area contributed by atoms with Gasteiger partial charge in [-0.3, -0.25) is 0 Å². The zero-order valence-electron chi connectivity index (χ0n) is 12.1. The topological polar surface area (TPSA) is 12.0 Å². The summed E-state index contributed by atoms with van der Waals surface area (Å²) in [6, 6.07) is 18.0. The fourth-order valence-corrected chi connectivity index (χ4v) is 2.34. The van der Waals surface area contributed by atoms with Crippen LogP contribution in [0, 0.1) is 6.92 Å². The van der Waals surface area contributed by atoms with Crippen LogP contribution in [0.4, 0.5) is 0 Å². The third kappa shape index (κ3) is 3.45. The van der Waals surface area contributed by atoms with Crippen LogP contribution in [0.3, 0.4) is 0 Å². The summed E-state index contributed by atoms with van der Waals surface area (Å²) in [5.41, 5.74) is 5.36. The molecule has 2 rings (SSSR count). The van der Waals surface area contributed by atoms with Gasteiger partial charge in [-0.05, 0) is 36.6 Å². The van der Waals surface area contributed by atoms with Crippen molar-refractivity contribution in [1.82, 2.24) is 5.32 Å². The Bertz CT molecular complexity index is 496. The number of nitrogens with one attached hydrogen (secondary N) is 1. The average Bonchev–Trinajstić information content (AvgIpc) is 2.46. The minimum absolute atomic E-state index is 0.288. The van der Waals surface area contributed by atoms with Gasteiger partial charge in [-0.2, -0.15) is 0 Å². The third-order valence-electron chi connectivity index (χ3n) is 3.54. The zero-order valence-corrected chi connectivity index (χ0v) is 12.1. The first-order chi connectivity index (χ1) is 9.24. The molecule has 1 unspecified atom stereocenters. The number of rotatable bonds is 5. The molecule has 0 fully saturated rings. The lowest BCUT2D eigenvalue weighted by Crippen LogP contribution is -2.21. The molecule has 1 N–H and O–H groups in total. The van der Waals surface area contributed by atoms with Crippen LogP contribution in [0.15, 0.2) is 48.5 Å². The van der Waals surface area contributed by atoms with Crippen LogP contribution in [0.25, 0.3) is 0 Å². The third-order valence-corrected chi connectivity index (χ3v) is 3.54. The van der Waals surface area contributed by atoms with Gasteiger partial charge >= 0.3 is 0 Å². The molecule has 1 nitrogen and oxygen atoms in total. The summed E-state index contributed by atoms with van der Waals surface area (Å²) in [6.45, 7) is 7.44. The molecule has 0 spiro atoms. The van der Waals surface area contributed by atoms with E-state index in [1.54, 1.807) is 0 Å². The molecule has 0 aliphatic carbocycles. The van der Waals surface area contributed by atoms with E-state index in [0.717, 1.165) is 13.0 Å². The summed E-state index contributed by atoms with van der Waals surface area (Å²) in [5, 5.41) is 3.57. The molecule has 0 aliphatic heterocycles. The highest BCUT2D eigenvalue weighted by Crippen LogP contribution is 2.23. The van der Waals surface area contributed by atoms with Crippen LogP contribution in [0.1, 0.15) is 42.1 Å². The van der Waals surface area contributed by atoms with Crippen molar-refractivity contribution < 1.29 is 0 Å². The smallest absolute Gasteiger partial charge is 0.0576 e. The van der Waals surface area contributed by atoms with Crippen molar-refractivity contribution in [3.05, 3.63) is 70.8 Å². The number of hydrogen-bond donors (Lipinski definition) is 1. The molecule has 1 atom stereocenters. The van der Waals surface area contributed by atoms with E-state index in [2.05, 4.69) is 74.6 Å². The second-order valence-corrected chi connectivity index (χ2v) is 5.00. The first kappa shape index (κ1) is 13.8. The van der Waals surface area contributed by atoms with Crippen molar-refractivity contribution in [3.63, 3.8) is 0 Å². The molecule has 0 radical (unpaired) electrons. The largest absolute Gasteiger partial charge is 0.307 e. The Hall–Kier alpha value is -1.60. The van der Waals surface area contributed by atoms with Crippen LogP contribution < -0.4 is 5.32 Å². The highest BCUT2D eigenvalue weighted by molar-refractivity contribution is 5.34. The quantitative estimate of drug-likeness (QED) is 0.839. The molecule has 100 valence electrons. The molecular weight excluding hydrogens is 230 g/mol. The molecule has 0 amide bonds. The SMILES string of the molecule is CCNC(c1ccc(C)cc1)c1ccc(CC)cc1. The standard InChI is InChI=1S/C18H23N/c1-4-15-8-12-17(13-9-15)18(19-5-2)16-10-6-14(3)7-11-16/h6-13,18-19H,4-5H2,1-3H3. The van der Waals surface area contributed by atoms with E-state index in [0.29, 0.717) is 0 Å². The second-order valence-electron chi connectivity index (χ2n) is 5.00. The van der Waals surface area contributed by atoms with Crippen LogP contribution in [-0.4, -0.2) is 6.54 Å². The van der Waals surface area contributed by atoms with Crippen molar-refractivity contribution in [2.75, 3.05) is 6.54 Å². The van der Waals surface area contributed by atoms with Gasteiger partial charge in [0.1, 0.15) is 0 Å². The second kappa shape index (κ2) is 6.53. The van der Waals surface area contributed by atoms with Gasteiger partial charge in [-0.1, -0.05) is 67.9 Å². The normalized spacial score (nSPS) is 12.4. The molecule has 0 bridgehead atoms. The van der Waals surface area contributed by atoms with Gasteiger partial charge in [-0.15, -0.1) is 0 Å². The van der Waals surface area contributed by atoms with Gasteiger partial charge < -0.3 is 5.32 Å². The minimum Gasteiger partial charge on any atom is -0.307 e. The zero-order chi connectivity index (χ0) is 13.7. The van der Waals surface area contributed by atoms with Crippen LogP contribution >= 0.6 is 0 Å². The number of aryl methyl sites for hydroxylation is 2. The molecule has 0 aliphatic rings. The van der Waals surface area contributed by atoms with E-state index < -0.39 is 0 Å². The molecule has 2 aromatic carbocycles. The van der Waals surface area contributed by atoms with Crippen molar-refractivity contribution >= 4 is 0 Å². The minimum atomic E-state index is 0.288. The van der Waals surface area contributed by atoms with Crippen LogP contribution in [0.2, 0.25) is 0 Å². The monoisotopic (exact) mass is 253 g/mol. The van der Waals surface area contributed by atoms with E-state index in [4.69, 9.17) is 0 Å². The summed E-state index contributed by atoms with van der Waals surface area (Å²) >= 11 is 0. The number of benzene rings is 2. The summed E-state index contributed by atoms with van der Waals surface area (Å²) in [7, 11) is 0. The maximum Gasteiger partial charge on any atom is 0.0576 e. The molecule has 0 aromatic heterocycles.